The van der Waals surface area contributed by atoms with Crippen molar-refractivity contribution in [1.29, 1.82) is 5.26 Å². The number of rotatable bonds is 3. The van der Waals surface area contributed by atoms with Gasteiger partial charge in [0.15, 0.2) is 11.5 Å². The zero-order chi connectivity index (χ0) is 13.0. The van der Waals surface area contributed by atoms with Gasteiger partial charge in [0, 0.05) is 0 Å². The molecule has 0 spiro atoms. The second-order valence-electron chi connectivity index (χ2n) is 3.09. The summed E-state index contributed by atoms with van der Waals surface area (Å²) in [6, 6.07) is 5.22. The lowest BCUT2D eigenvalue weighted by Gasteiger charge is -2.06. The van der Waals surface area contributed by atoms with E-state index in [0.29, 0.717) is 14.9 Å². The molecule has 0 aliphatic heterocycles. The second-order valence-corrected chi connectivity index (χ2v) is 4.69. The molecule has 0 amide bonds. The van der Waals surface area contributed by atoms with Gasteiger partial charge < -0.3 is 15.6 Å². The summed E-state index contributed by atoms with van der Waals surface area (Å²) in [6.07, 6.45) is 1.55. The largest absolute Gasteiger partial charge is 0.504 e. The van der Waals surface area contributed by atoms with Crippen molar-refractivity contribution in [3.8, 4) is 17.6 Å². The standard InChI is InChI=1S/C11H9IN2O2S/c1-16-9-4-6(3-8(12)10(9)15)2-7(5-13)11(14)17/h2-4,15H,1H3,(H2,14,17)/b7-2+. The number of benzene rings is 1. The number of thiocarbonyl (C=S) groups is 1. The molecule has 0 unspecified atom stereocenters. The average molecular weight is 360 g/mol. The van der Waals surface area contributed by atoms with Crippen LogP contribution in [0.5, 0.6) is 11.5 Å². The number of hydrogen-bond acceptors (Lipinski definition) is 4. The second kappa shape index (κ2) is 5.84. The van der Waals surface area contributed by atoms with Gasteiger partial charge in [-0.05, 0) is 46.4 Å². The molecule has 0 fully saturated rings. The van der Waals surface area contributed by atoms with Crippen LogP contribution in [0.2, 0.25) is 0 Å². The van der Waals surface area contributed by atoms with Crippen molar-refractivity contribution in [2.24, 2.45) is 5.73 Å². The smallest absolute Gasteiger partial charge is 0.171 e. The third-order valence-corrected chi connectivity index (χ3v) is 3.01. The molecule has 0 saturated heterocycles. The lowest BCUT2D eigenvalue weighted by molar-refractivity contribution is 0.371. The molecule has 1 aromatic rings. The summed E-state index contributed by atoms with van der Waals surface area (Å²) in [7, 11) is 1.46. The molecule has 4 nitrogen and oxygen atoms in total. The van der Waals surface area contributed by atoms with Gasteiger partial charge in [0.05, 0.1) is 16.3 Å². The van der Waals surface area contributed by atoms with Crippen LogP contribution in [-0.2, 0) is 0 Å². The van der Waals surface area contributed by atoms with Gasteiger partial charge in [0.2, 0.25) is 0 Å². The van der Waals surface area contributed by atoms with E-state index in [4.69, 9.17) is 28.0 Å². The van der Waals surface area contributed by atoms with Crippen LogP contribution in [-0.4, -0.2) is 17.2 Å². The first-order chi connectivity index (χ1) is 7.99. The van der Waals surface area contributed by atoms with Crippen LogP contribution in [0.1, 0.15) is 5.56 Å². The highest BCUT2D eigenvalue weighted by molar-refractivity contribution is 14.1. The van der Waals surface area contributed by atoms with E-state index >= 15 is 0 Å². The number of aromatic hydroxyl groups is 1. The zero-order valence-electron chi connectivity index (χ0n) is 8.90. The van der Waals surface area contributed by atoms with E-state index in [9.17, 15) is 5.11 Å². The van der Waals surface area contributed by atoms with E-state index in [1.165, 1.54) is 7.11 Å². The first-order valence-corrected chi connectivity index (χ1v) is 5.96. The van der Waals surface area contributed by atoms with Crippen LogP contribution in [0, 0.1) is 14.9 Å². The van der Waals surface area contributed by atoms with Crippen molar-refractivity contribution < 1.29 is 9.84 Å². The quantitative estimate of drug-likeness (QED) is 0.374. The third-order valence-electron chi connectivity index (χ3n) is 1.97. The molecule has 6 heteroatoms. The number of ether oxygens (including phenoxy) is 1. The number of phenolic OH excluding ortho intramolecular Hbond substituents is 1. The summed E-state index contributed by atoms with van der Waals surface area (Å²) in [4.78, 5) is 0.0366. The third kappa shape index (κ3) is 3.31. The van der Waals surface area contributed by atoms with Crippen molar-refractivity contribution in [3.63, 3.8) is 0 Å². The van der Waals surface area contributed by atoms with Crippen molar-refractivity contribution in [2.75, 3.05) is 7.11 Å². The Labute approximate surface area is 118 Å². The molecule has 0 saturated carbocycles. The van der Waals surface area contributed by atoms with E-state index in [0.717, 1.165) is 0 Å². The highest BCUT2D eigenvalue weighted by Gasteiger charge is 2.08. The van der Waals surface area contributed by atoms with Crippen LogP contribution in [0.25, 0.3) is 6.08 Å². The van der Waals surface area contributed by atoms with Gasteiger partial charge in [-0.15, -0.1) is 0 Å². The molecule has 0 radical (unpaired) electrons. The van der Waals surface area contributed by atoms with Gasteiger partial charge in [0.1, 0.15) is 11.1 Å². The minimum Gasteiger partial charge on any atom is -0.504 e. The molecule has 0 atom stereocenters. The maximum atomic E-state index is 9.65. The van der Waals surface area contributed by atoms with E-state index in [-0.39, 0.29) is 16.3 Å². The SMILES string of the molecule is COc1cc(/C=C(\C#N)C(N)=S)cc(I)c1O. The van der Waals surface area contributed by atoms with Gasteiger partial charge in [-0.2, -0.15) is 5.26 Å². The molecule has 1 aromatic carbocycles. The predicted molar refractivity (Wildman–Crippen MR) is 77.8 cm³/mol. The number of nitrogens with zero attached hydrogens (tertiary/aromatic N) is 1. The number of hydrogen-bond donors (Lipinski definition) is 2. The normalized spacial score (nSPS) is 10.8. The monoisotopic (exact) mass is 360 g/mol. The molecule has 17 heavy (non-hydrogen) atoms. The summed E-state index contributed by atoms with van der Waals surface area (Å²) in [5.74, 6) is 0.405. The fourth-order valence-electron chi connectivity index (χ4n) is 1.16. The van der Waals surface area contributed by atoms with Gasteiger partial charge >= 0.3 is 0 Å². The highest BCUT2D eigenvalue weighted by Crippen LogP contribution is 2.33. The Bertz CT molecular complexity index is 535. The van der Waals surface area contributed by atoms with E-state index in [2.05, 4.69) is 0 Å². The fourth-order valence-corrected chi connectivity index (χ4v) is 1.89. The number of halogens is 1. The predicted octanol–water partition coefficient (Wildman–Crippen LogP) is 2.20. The van der Waals surface area contributed by atoms with Crippen LogP contribution >= 0.6 is 34.8 Å². The molecule has 0 heterocycles. The molecule has 3 N–H and O–H groups in total. The number of nitriles is 1. The number of nitrogens with two attached hydrogens (primary N) is 1. The average Bonchev–Trinajstić information content (AvgIpc) is 2.29. The van der Waals surface area contributed by atoms with Gasteiger partial charge in [-0.25, -0.2) is 0 Å². The fraction of sp³-hybridized carbons (Fsp3) is 0.0909. The first-order valence-electron chi connectivity index (χ1n) is 4.47. The Balaban J connectivity index is 3.30. The van der Waals surface area contributed by atoms with Crippen LogP contribution < -0.4 is 10.5 Å². The summed E-state index contributed by atoms with van der Waals surface area (Å²) in [5, 5.41) is 18.5. The van der Waals surface area contributed by atoms with Gasteiger partial charge in [-0.1, -0.05) is 12.2 Å². The van der Waals surface area contributed by atoms with Gasteiger partial charge in [0.25, 0.3) is 0 Å². The maximum absolute atomic E-state index is 9.65. The molecule has 88 valence electrons. The molecular formula is C11H9IN2O2S. The highest BCUT2D eigenvalue weighted by atomic mass is 127. The molecule has 1 rings (SSSR count). The van der Waals surface area contributed by atoms with Crippen molar-refractivity contribution in [1.82, 2.24) is 0 Å². The molecule has 0 aromatic heterocycles. The van der Waals surface area contributed by atoms with Crippen LogP contribution in [0.4, 0.5) is 0 Å². The summed E-state index contributed by atoms with van der Waals surface area (Å²) >= 11 is 6.71. The minimum absolute atomic E-state index is 0.0366. The van der Waals surface area contributed by atoms with Crippen molar-refractivity contribution >= 4 is 45.9 Å². The van der Waals surface area contributed by atoms with Gasteiger partial charge in [-0.3, -0.25) is 0 Å². The Kier molecular flexibility index (Phi) is 4.72. The molecular weight excluding hydrogens is 351 g/mol. The van der Waals surface area contributed by atoms with Crippen molar-refractivity contribution in [2.45, 2.75) is 0 Å². The summed E-state index contributed by atoms with van der Waals surface area (Å²) in [6.45, 7) is 0. The zero-order valence-corrected chi connectivity index (χ0v) is 11.9. The Morgan fingerprint density at radius 2 is 2.29 bits per heavy atom. The Morgan fingerprint density at radius 3 is 2.76 bits per heavy atom. The summed E-state index contributed by atoms with van der Waals surface area (Å²) in [5.41, 5.74) is 6.29. The van der Waals surface area contributed by atoms with Crippen LogP contribution in [0.3, 0.4) is 0 Å². The first kappa shape index (κ1) is 13.7. The number of methoxy groups -OCH3 is 1. The van der Waals surface area contributed by atoms with E-state index in [1.54, 1.807) is 18.2 Å². The van der Waals surface area contributed by atoms with Crippen molar-refractivity contribution in [3.05, 3.63) is 26.8 Å². The van der Waals surface area contributed by atoms with Crippen LogP contribution in [0.15, 0.2) is 17.7 Å². The molecule has 0 aliphatic rings. The molecule has 0 aliphatic carbocycles. The summed E-state index contributed by atoms with van der Waals surface area (Å²) < 4.78 is 5.63. The van der Waals surface area contributed by atoms with E-state index < -0.39 is 0 Å². The number of phenols is 1. The maximum Gasteiger partial charge on any atom is 0.171 e. The topological polar surface area (TPSA) is 79.3 Å². The lowest BCUT2D eigenvalue weighted by Crippen LogP contribution is -2.09. The Hall–Kier alpha value is -1.33. The molecule has 0 bridgehead atoms. The minimum atomic E-state index is 0.0366. The Morgan fingerprint density at radius 1 is 1.65 bits per heavy atom. The van der Waals surface area contributed by atoms with E-state index in [1.807, 2.05) is 28.7 Å². The lowest BCUT2D eigenvalue weighted by atomic mass is 10.1.